The molecule has 0 saturated carbocycles. The van der Waals surface area contributed by atoms with Gasteiger partial charge in [-0.1, -0.05) is 44.2 Å². The van der Waals surface area contributed by atoms with Gasteiger partial charge in [-0.15, -0.1) is 11.3 Å². The van der Waals surface area contributed by atoms with E-state index in [9.17, 15) is 19.5 Å². The first-order chi connectivity index (χ1) is 18.8. The molecular weight excluding hydrogens is 512 g/mol. The number of aldehydes is 1. The molecule has 2 aliphatic heterocycles. The number of aromatic hydroxyl groups is 1. The fraction of sp³-hybridized carbons (Fsp3) is 0.400. The molecule has 2 aliphatic rings. The molecule has 1 aromatic heterocycles. The van der Waals surface area contributed by atoms with Crippen molar-refractivity contribution in [1.82, 2.24) is 20.1 Å². The van der Waals surface area contributed by atoms with Crippen LogP contribution in [0.15, 0.2) is 48.0 Å². The van der Waals surface area contributed by atoms with Crippen molar-refractivity contribution in [3.8, 4) is 16.2 Å². The molecule has 8 nitrogen and oxygen atoms in total. The molecule has 2 unspecified atom stereocenters. The Morgan fingerprint density at radius 1 is 1.26 bits per heavy atom. The van der Waals surface area contributed by atoms with Gasteiger partial charge in [0, 0.05) is 30.8 Å². The summed E-state index contributed by atoms with van der Waals surface area (Å²) >= 11 is 1.59. The quantitative estimate of drug-likeness (QED) is 0.425. The maximum Gasteiger partial charge on any atom is 0.255 e. The first-order valence-corrected chi connectivity index (χ1v) is 14.2. The van der Waals surface area contributed by atoms with Crippen LogP contribution in [-0.2, 0) is 22.7 Å². The monoisotopic (exact) mass is 548 g/mol. The first-order valence-electron chi connectivity index (χ1n) is 13.3. The van der Waals surface area contributed by atoms with Crippen molar-refractivity contribution in [2.75, 3.05) is 13.6 Å². The molecule has 0 radical (unpaired) electrons. The summed E-state index contributed by atoms with van der Waals surface area (Å²) in [7, 11) is 1.86. The number of phenols is 1. The zero-order valence-electron chi connectivity index (χ0n) is 22.9. The van der Waals surface area contributed by atoms with Gasteiger partial charge < -0.3 is 25.0 Å². The van der Waals surface area contributed by atoms with E-state index in [1.54, 1.807) is 27.2 Å². The molecule has 0 aliphatic carbocycles. The van der Waals surface area contributed by atoms with Crippen LogP contribution in [0.1, 0.15) is 53.9 Å². The molecule has 0 spiro atoms. The number of nitrogens with one attached hydrogen (secondary N) is 1. The number of carbonyl (C=O) groups is 3. The number of aromatic nitrogens is 1. The second-order valence-electron chi connectivity index (χ2n) is 10.3. The molecule has 1 saturated heterocycles. The van der Waals surface area contributed by atoms with Gasteiger partial charge >= 0.3 is 0 Å². The van der Waals surface area contributed by atoms with E-state index < -0.39 is 6.04 Å². The van der Waals surface area contributed by atoms with Crippen LogP contribution in [0.5, 0.6) is 5.75 Å². The molecule has 0 bridgehead atoms. The third-order valence-electron chi connectivity index (χ3n) is 7.27. The van der Waals surface area contributed by atoms with E-state index in [0.717, 1.165) is 40.0 Å². The van der Waals surface area contributed by atoms with E-state index in [1.165, 1.54) is 0 Å². The minimum Gasteiger partial charge on any atom is -0.508 e. The molecule has 2 amide bonds. The maximum atomic E-state index is 13.0. The average Bonchev–Trinajstić information content (AvgIpc) is 3.65. The predicted octanol–water partition coefficient (Wildman–Crippen LogP) is 4.40. The molecule has 9 heteroatoms. The third-order valence-corrected chi connectivity index (χ3v) is 8.25. The third kappa shape index (κ3) is 6.04. The van der Waals surface area contributed by atoms with Crippen LogP contribution >= 0.6 is 11.3 Å². The number of hydrogen-bond acceptors (Lipinski definition) is 7. The number of amides is 2. The van der Waals surface area contributed by atoms with Gasteiger partial charge in [0.15, 0.2) is 0 Å². The van der Waals surface area contributed by atoms with Crippen LogP contribution in [0, 0.1) is 12.8 Å². The summed E-state index contributed by atoms with van der Waals surface area (Å²) in [6.45, 7) is 7.61. The smallest absolute Gasteiger partial charge is 0.255 e. The molecule has 2 atom stereocenters. The molecular formula is C30H36N4O4S. The van der Waals surface area contributed by atoms with Crippen molar-refractivity contribution in [3.05, 3.63) is 70.4 Å². The van der Waals surface area contributed by atoms with E-state index in [4.69, 9.17) is 0 Å². The Balaban J connectivity index is 0.000000193. The van der Waals surface area contributed by atoms with Gasteiger partial charge in [0.25, 0.3) is 5.91 Å². The molecule has 1 fully saturated rings. The maximum absolute atomic E-state index is 13.0. The Bertz CT molecular complexity index is 1340. The minimum atomic E-state index is -0.518. The van der Waals surface area contributed by atoms with Gasteiger partial charge in [0.1, 0.15) is 18.1 Å². The molecule has 2 aromatic carbocycles. The summed E-state index contributed by atoms with van der Waals surface area (Å²) < 4.78 is 0. The lowest BCUT2D eigenvalue weighted by molar-refractivity contribution is -0.140. The number of benzene rings is 2. The van der Waals surface area contributed by atoms with E-state index in [2.05, 4.69) is 10.3 Å². The van der Waals surface area contributed by atoms with Crippen molar-refractivity contribution in [3.63, 3.8) is 0 Å². The Morgan fingerprint density at radius 3 is 2.64 bits per heavy atom. The Kier molecular flexibility index (Phi) is 9.14. The summed E-state index contributed by atoms with van der Waals surface area (Å²) in [5, 5.41) is 12.9. The van der Waals surface area contributed by atoms with Gasteiger partial charge in [0.2, 0.25) is 5.91 Å². The summed E-state index contributed by atoms with van der Waals surface area (Å²) in [4.78, 5) is 45.6. The fourth-order valence-corrected chi connectivity index (χ4v) is 6.08. The number of nitrogens with zero attached hydrogens (tertiary/aromatic N) is 3. The van der Waals surface area contributed by atoms with E-state index >= 15 is 0 Å². The highest BCUT2D eigenvalue weighted by Crippen LogP contribution is 2.31. The Labute approximate surface area is 233 Å². The van der Waals surface area contributed by atoms with Crippen molar-refractivity contribution >= 4 is 29.4 Å². The molecule has 206 valence electrons. The molecule has 3 heterocycles. The van der Waals surface area contributed by atoms with Gasteiger partial charge in [-0.3, -0.25) is 9.59 Å². The second kappa shape index (κ2) is 12.5. The zero-order valence-corrected chi connectivity index (χ0v) is 23.7. The van der Waals surface area contributed by atoms with E-state index in [-0.39, 0.29) is 23.8 Å². The van der Waals surface area contributed by atoms with Gasteiger partial charge in [-0.25, -0.2) is 4.98 Å². The molecule has 39 heavy (non-hydrogen) atoms. The Hall–Kier alpha value is -3.56. The van der Waals surface area contributed by atoms with Gasteiger partial charge in [0.05, 0.1) is 22.1 Å². The lowest BCUT2D eigenvalue weighted by Crippen LogP contribution is -2.52. The highest BCUT2D eigenvalue weighted by molar-refractivity contribution is 7.13. The number of carbonyl (C=O) groups excluding carboxylic acids is 3. The van der Waals surface area contributed by atoms with Crippen LogP contribution in [0.4, 0.5) is 0 Å². The number of aryl methyl sites for hydroxylation is 1. The summed E-state index contributed by atoms with van der Waals surface area (Å²) in [6, 6.07) is 12.4. The number of hydrogen-bond donors (Lipinski definition) is 2. The van der Waals surface area contributed by atoms with Crippen molar-refractivity contribution < 1.29 is 19.5 Å². The van der Waals surface area contributed by atoms with Crippen LogP contribution in [0.25, 0.3) is 10.4 Å². The van der Waals surface area contributed by atoms with Crippen molar-refractivity contribution in [2.24, 2.45) is 5.92 Å². The predicted molar refractivity (Wildman–Crippen MR) is 152 cm³/mol. The minimum absolute atomic E-state index is 0.00587. The highest BCUT2D eigenvalue weighted by atomic mass is 32.1. The summed E-state index contributed by atoms with van der Waals surface area (Å²) in [5.74, 6) is 0.138. The van der Waals surface area contributed by atoms with Crippen LogP contribution in [0.2, 0.25) is 0 Å². The first kappa shape index (κ1) is 28.4. The van der Waals surface area contributed by atoms with Crippen molar-refractivity contribution in [1.29, 1.82) is 0 Å². The van der Waals surface area contributed by atoms with E-state index in [0.29, 0.717) is 37.4 Å². The fourth-order valence-electron chi connectivity index (χ4n) is 5.28. The molecule has 5 rings (SSSR count). The van der Waals surface area contributed by atoms with E-state index in [1.807, 2.05) is 69.7 Å². The van der Waals surface area contributed by atoms with Gasteiger partial charge in [-0.2, -0.15) is 0 Å². The topological polar surface area (TPSA) is 103 Å². The lowest BCUT2D eigenvalue weighted by Gasteiger charge is -2.34. The normalized spacial score (nSPS) is 17.2. The number of likely N-dealkylation sites (tertiary alicyclic amines) is 1. The molecule has 2 N–H and O–H groups in total. The number of thiazole rings is 1. The lowest BCUT2D eigenvalue weighted by atomic mass is 10.0. The zero-order chi connectivity index (χ0) is 28.1. The summed E-state index contributed by atoms with van der Waals surface area (Å²) in [5.41, 5.74) is 6.41. The summed E-state index contributed by atoms with van der Waals surface area (Å²) in [6.07, 6.45) is 2.41. The standard InChI is InChI=1S/C18H22N2O3.C12H14N2OS/c1-12(2)16(18(23)19-9-5-7-14(19)11-21)20-10-13-6-3-4-8-15(13)17(20)22;1-8-12(16-7-14-8)9-3-4-10(6-13-2)11(15)5-9/h3-4,6,8,11-12,14,16H,5,7,9-10H2,1-2H3;3-5,7,13,15H,6H2,1-2H3. The molecule has 3 aromatic rings. The van der Waals surface area contributed by atoms with Crippen LogP contribution in [-0.4, -0.2) is 63.7 Å². The number of fused-ring (bicyclic) bond motifs is 1. The van der Waals surface area contributed by atoms with Crippen LogP contribution in [0.3, 0.4) is 0 Å². The Morgan fingerprint density at radius 2 is 2.03 bits per heavy atom. The second-order valence-corrected chi connectivity index (χ2v) is 11.2. The SMILES string of the molecule is CC(C)C(C(=O)N1CCCC1C=O)N1Cc2ccccc2C1=O.CNCc1ccc(-c2scnc2C)cc1O. The van der Waals surface area contributed by atoms with Crippen LogP contribution < -0.4 is 5.32 Å². The number of rotatable bonds is 7. The van der Waals surface area contributed by atoms with Gasteiger partial charge in [-0.05, 0) is 56.0 Å². The highest BCUT2D eigenvalue weighted by Gasteiger charge is 2.42. The van der Waals surface area contributed by atoms with Crippen molar-refractivity contribution in [2.45, 2.75) is 58.8 Å². The number of phenolic OH excluding ortho intramolecular Hbond substituents is 1. The largest absolute Gasteiger partial charge is 0.508 e. The average molecular weight is 549 g/mol.